The highest BCUT2D eigenvalue weighted by molar-refractivity contribution is 5.71. The van der Waals surface area contributed by atoms with E-state index in [-0.39, 0.29) is 37.5 Å². The quantitative estimate of drug-likeness (QED) is 0.0262. The average molecular weight is 980 g/mol. The fraction of sp³-hybridized carbons (Fsp3) is 0.585. The minimum absolute atomic E-state index is 0.121. The van der Waals surface area contributed by atoms with Crippen LogP contribution < -0.4 is 0 Å². The first-order chi connectivity index (χ1) is 35.0. The summed E-state index contributed by atoms with van der Waals surface area (Å²) in [6.45, 7) is 6.29. The molecule has 0 aliphatic rings. The van der Waals surface area contributed by atoms with E-state index in [1.165, 1.54) is 51.4 Å². The first-order valence-corrected chi connectivity index (χ1v) is 28.3. The molecule has 0 spiro atoms. The van der Waals surface area contributed by atoms with E-state index in [0.29, 0.717) is 19.3 Å². The predicted octanol–water partition coefficient (Wildman–Crippen LogP) is 19.2. The number of carbonyl (C=O) groups excluding carboxylic acids is 3. The van der Waals surface area contributed by atoms with E-state index >= 15 is 0 Å². The largest absolute Gasteiger partial charge is 0.462 e. The molecule has 0 saturated carbocycles. The first kappa shape index (κ1) is 66.3. The van der Waals surface area contributed by atoms with Crippen LogP contribution in [0.1, 0.15) is 226 Å². The van der Waals surface area contributed by atoms with Gasteiger partial charge in [0.05, 0.1) is 0 Å². The molecule has 71 heavy (non-hydrogen) atoms. The number of rotatable bonds is 49. The van der Waals surface area contributed by atoms with Crippen molar-refractivity contribution in [3.05, 3.63) is 146 Å². The molecule has 6 heteroatoms. The van der Waals surface area contributed by atoms with E-state index in [0.717, 1.165) is 128 Å². The Morgan fingerprint density at radius 1 is 0.296 bits per heavy atom. The Hall–Kier alpha value is -4.71. The molecule has 0 heterocycles. The van der Waals surface area contributed by atoms with Gasteiger partial charge in [0.1, 0.15) is 13.2 Å². The van der Waals surface area contributed by atoms with Crippen LogP contribution in [-0.2, 0) is 28.6 Å². The number of unbranched alkanes of at least 4 members (excludes halogenated alkanes) is 14. The molecule has 0 aliphatic heterocycles. The Kier molecular flexibility index (Phi) is 54.0. The van der Waals surface area contributed by atoms with Gasteiger partial charge in [0.15, 0.2) is 6.10 Å². The van der Waals surface area contributed by atoms with Crippen LogP contribution in [0.15, 0.2) is 146 Å². The lowest BCUT2D eigenvalue weighted by Crippen LogP contribution is -2.30. The molecule has 1 atom stereocenters. The summed E-state index contributed by atoms with van der Waals surface area (Å²) in [5.74, 6) is -1.03. The second-order valence-corrected chi connectivity index (χ2v) is 18.1. The highest BCUT2D eigenvalue weighted by Gasteiger charge is 2.19. The molecule has 0 N–H and O–H groups in total. The summed E-state index contributed by atoms with van der Waals surface area (Å²) in [6, 6.07) is 0. The van der Waals surface area contributed by atoms with E-state index in [9.17, 15) is 14.4 Å². The second kappa shape index (κ2) is 57.9. The number of ether oxygens (including phenoxy) is 3. The topological polar surface area (TPSA) is 78.9 Å². The van der Waals surface area contributed by atoms with E-state index in [4.69, 9.17) is 14.2 Å². The molecule has 0 rings (SSSR count). The lowest BCUT2D eigenvalue weighted by atomic mass is 10.1. The zero-order chi connectivity index (χ0) is 51.4. The maximum Gasteiger partial charge on any atom is 0.306 e. The molecule has 0 aromatic carbocycles. The van der Waals surface area contributed by atoms with Crippen LogP contribution in [0.2, 0.25) is 0 Å². The second-order valence-electron chi connectivity index (χ2n) is 18.1. The molecule has 0 bridgehead atoms. The van der Waals surface area contributed by atoms with Gasteiger partial charge >= 0.3 is 17.9 Å². The monoisotopic (exact) mass is 979 g/mol. The third-order valence-electron chi connectivity index (χ3n) is 11.3. The average Bonchev–Trinajstić information content (AvgIpc) is 3.37. The van der Waals surface area contributed by atoms with Crippen molar-refractivity contribution in [3.8, 4) is 0 Å². The molecule has 0 radical (unpaired) electrons. The van der Waals surface area contributed by atoms with Crippen molar-refractivity contribution in [3.63, 3.8) is 0 Å². The third-order valence-corrected chi connectivity index (χ3v) is 11.3. The van der Waals surface area contributed by atoms with E-state index < -0.39 is 6.10 Å². The molecular weight excluding hydrogens is 877 g/mol. The molecule has 0 amide bonds. The van der Waals surface area contributed by atoms with Crippen LogP contribution in [0.4, 0.5) is 0 Å². The zero-order valence-corrected chi connectivity index (χ0v) is 45.4. The Labute approximate surface area is 436 Å². The van der Waals surface area contributed by atoms with Gasteiger partial charge in [-0.1, -0.05) is 218 Å². The Balaban J connectivity index is 4.58. The normalized spacial score (nSPS) is 13.2. The van der Waals surface area contributed by atoms with E-state index in [2.05, 4.69) is 167 Å². The van der Waals surface area contributed by atoms with Gasteiger partial charge in [0.2, 0.25) is 0 Å². The molecule has 0 saturated heterocycles. The van der Waals surface area contributed by atoms with E-state index in [1.54, 1.807) is 0 Å². The molecule has 398 valence electrons. The molecule has 0 aliphatic carbocycles. The first-order valence-electron chi connectivity index (χ1n) is 28.3. The van der Waals surface area contributed by atoms with E-state index in [1.807, 2.05) is 0 Å². The zero-order valence-electron chi connectivity index (χ0n) is 45.4. The van der Waals surface area contributed by atoms with Gasteiger partial charge in [-0.25, -0.2) is 0 Å². The van der Waals surface area contributed by atoms with Crippen molar-refractivity contribution < 1.29 is 28.6 Å². The summed E-state index contributed by atoms with van der Waals surface area (Å²) >= 11 is 0. The van der Waals surface area contributed by atoms with Crippen LogP contribution in [-0.4, -0.2) is 37.2 Å². The standard InChI is InChI=1S/C65H102O6/c1-4-7-10-13-16-19-22-25-28-31-32-35-37-40-43-46-49-52-55-58-64(67)70-61-62(71-65(68)59-56-53-50-47-44-41-38-34-30-27-24-21-18-15-12-9-6-3)60-69-63(66)57-54-51-48-45-42-39-36-33-29-26-23-20-17-14-11-8-5-2/h7,9-10,12,16-21,25-30,32,35,38,40-41,43,47,50,62H,4-6,8,11,13-15,22-24,31,33-34,36-37,39,42,44-46,48-49,51-61H2,1-3H3/b10-7-,12-9-,19-16-,20-17-,21-18-,28-25-,29-26-,30-27-,35-32-,41-38-,43-40-,50-47-/t62-/m0/s1. The molecule has 0 fully saturated rings. The number of hydrogen-bond acceptors (Lipinski definition) is 6. The van der Waals surface area contributed by atoms with Crippen molar-refractivity contribution in [2.75, 3.05) is 13.2 Å². The van der Waals surface area contributed by atoms with Gasteiger partial charge in [0, 0.05) is 19.3 Å². The number of esters is 3. The summed E-state index contributed by atoms with van der Waals surface area (Å²) in [5.41, 5.74) is 0. The van der Waals surface area contributed by atoms with Crippen molar-refractivity contribution in [1.29, 1.82) is 0 Å². The van der Waals surface area contributed by atoms with Gasteiger partial charge in [-0.2, -0.15) is 0 Å². The number of hydrogen-bond donors (Lipinski definition) is 0. The highest BCUT2D eigenvalue weighted by atomic mass is 16.6. The fourth-order valence-corrected chi connectivity index (χ4v) is 7.12. The Morgan fingerprint density at radius 3 is 0.915 bits per heavy atom. The summed E-state index contributed by atoms with van der Waals surface area (Å²) in [5, 5.41) is 0. The molecule has 0 aromatic heterocycles. The maximum atomic E-state index is 12.8. The van der Waals surface area contributed by atoms with Crippen LogP contribution >= 0.6 is 0 Å². The van der Waals surface area contributed by atoms with Gasteiger partial charge in [0.25, 0.3) is 0 Å². The van der Waals surface area contributed by atoms with Crippen molar-refractivity contribution in [2.45, 2.75) is 232 Å². The Bertz CT molecular complexity index is 1590. The van der Waals surface area contributed by atoms with Crippen LogP contribution in [0, 0.1) is 0 Å². The molecule has 0 aromatic rings. The van der Waals surface area contributed by atoms with Crippen LogP contribution in [0.25, 0.3) is 0 Å². The lowest BCUT2D eigenvalue weighted by molar-refractivity contribution is -0.167. The summed E-state index contributed by atoms with van der Waals surface area (Å²) in [7, 11) is 0. The van der Waals surface area contributed by atoms with Crippen molar-refractivity contribution >= 4 is 17.9 Å². The Morgan fingerprint density at radius 2 is 0.563 bits per heavy atom. The maximum absolute atomic E-state index is 12.8. The SMILES string of the molecule is CC/C=C\C/C=C\C/C=C\C/C=C\C/C=C\CCCCCC(=O)OC[C@H](COC(=O)CCCCCCCCC/C=C\C/C=C\CCCCC)OC(=O)CCC/C=C\C/C=C\C/C=C\C/C=C\C/C=C\CC. The number of allylic oxidation sites excluding steroid dienone is 24. The van der Waals surface area contributed by atoms with Crippen LogP contribution in [0.3, 0.4) is 0 Å². The fourth-order valence-electron chi connectivity index (χ4n) is 7.12. The molecule has 6 nitrogen and oxygen atoms in total. The smallest absolute Gasteiger partial charge is 0.306 e. The van der Waals surface area contributed by atoms with Gasteiger partial charge in [-0.05, 0) is 135 Å². The number of carbonyl (C=O) groups is 3. The lowest BCUT2D eigenvalue weighted by Gasteiger charge is -2.18. The highest BCUT2D eigenvalue weighted by Crippen LogP contribution is 2.13. The summed E-state index contributed by atoms with van der Waals surface area (Å²) < 4.78 is 16.8. The molecular formula is C65H102O6. The van der Waals surface area contributed by atoms with Gasteiger partial charge < -0.3 is 14.2 Å². The molecule has 0 unspecified atom stereocenters. The predicted molar refractivity (Wildman–Crippen MR) is 306 cm³/mol. The summed E-state index contributed by atoms with van der Waals surface area (Å²) in [6.07, 6.45) is 82.6. The van der Waals surface area contributed by atoms with Crippen molar-refractivity contribution in [1.82, 2.24) is 0 Å². The minimum atomic E-state index is -0.832. The van der Waals surface area contributed by atoms with Crippen molar-refractivity contribution in [2.24, 2.45) is 0 Å². The minimum Gasteiger partial charge on any atom is -0.462 e. The third kappa shape index (κ3) is 56.1. The van der Waals surface area contributed by atoms with Gasteiger partial charge in [-0.3, -0.25) is 14.4 Å². The van der Waals surface area contributed by atoms with Gasteiger partial charge in [-0.15, -0.1) is 0 Å². The summed E-state index contributed by atoms with van der Waals surface area (Å²) in [4.78, 5) is 38.2. The van der Waals surface area contributed by atoms with Crippen LogP contribution in [0.5, 0.6) is 0 Å².